The highest BCUT2D eigenvalue weighted by molar-refractivity contribution is 7.11. The molecule has 2 aromatic rings. The summed E-state index contributed by atoms with van der Waals surface area (Å²) in [5.41, 5.74) is 3.75. The predicted octanol–water partition coefficient (Wildman–Crippen LogP) is 3.45. The first-order chi connectivity index (χ1) is 9.79. The highest BCUT2D eigenvalue weighted by atomic mass is 32.1. The first-order valence-electron chi connectivity index (χ1n) is 6.53. The van der Waals surface area contributed by atoms with Gasteiger partial charge in [-0.3, -0.25) is 0 Å². The molecule has 20 heavy (non-hydrogen) atoms. The lowest BCUT2D eigenvalue weighted by atomic mass is 10.0. The van der Waals surface area contributed by atoms with Crippen LogP contribution < -0.4 is 0 Å². The molecule has 2 heterocycles. The molecule has 3 nitrogen and oxygen atoms in total. The van der Waals surface area contributed by atoms with Gasteiger partial charge in [0.25, 0.3) is 0 Å². The smallest absolute Gasteiger partial charge is 0.0709 e. The summed E-state index contributed by atoms with van der Waals surface area (Å²) in [5.74, 6) is 0. The van der Waals surface area contributed by atoms with Crippen LogP contribution in [-0.2, 0) is 6.42 Å². The normalized spacial score (nSPS) is 18.8. The fourth-order valence-electron chi connectivity index (χ4n) is 2.52. The summed E-state index contributed by atoms with van der Waals surface area (Å²) in [6.07, 6.45) is 4.59. The second-order valence-corrected chi connectivity index (χ2v) is 5.80. The number of benzene rings is 1. The molecule has 0 saturated heterocycles. The average molecular weight is 284 g/mol. The van der Waals surface area contributed by atoms with Crippen molar-refractivity contribution in [2.75, 3.05) is 7.05 Å². The molecule has 0 aliphatic carbocycles. The molecule has 1 aromatic carbocycles. The summed E-state index contributed by atoms with van der Waals surface area (Å²) < 4.78 is 0. The third kappa shape index (κ3) is 2.34. The molecule has 1 unspecified atom stereocenters. The van der Waals surface area contributed by atoms with Crippen LogP contribution in [0.1, 0.15) is 16.0 Å². The second kappa shape index (κ2) is 5.51. The van der Waals surface area contributed by atoms with E-state index in [1.807, 2.05) is 13.1 Å². The maximum Gasteiger partial charge on any atom is 0.0709 e. The van der Waals surface area contributed by atoms with E-state index in [0.717, 1.165) is 6.42 Å². The van der Waals surface area contributed by atoms with Gasteiger partial charge in [-0.1, -0.05) is 35.5 Å². The quantitative estimate of drug-likeness (QED) is 0.521. The van der Waals surface area contributed by atoms with Crippen LogP contribution in [0.3, 0.4) is 0 Å². The van der Waals surface area contributed by atoms with Gasteiger partial charge in [-0.25, -0.2) is 0 Å². The minimum atomic E-state index is 0.0783. The number of hydrogen-bond donors (Lipinski definition) is 1. The SMILES string of the molecule is CN1C=C(c2ccccc2)c2sccc2CC1C=NO. The first-order valence-corrected chi connectivity index (χ1v) is 7.41. The van der Waals surface area contributed by atoms with Gasteiger partial charge in [-0.2, -0.15) is 0 Å². The third-order valence-corrected chi connectivity index (χ3v) is 4.59. The third-order valence-electron chi connectivity index (χ3n) is 3.60. The molecule has 0 bridgehead atoms. The standard InChI is InChI=1S/C16H16N2OS/c1-18-11-15(12-5-3-2-4-6-12)16-13(7-8-20-16)9-14(18)10-17-19/h2-8,10-11,14,19H,9H2,1H3. The number of nitrogens with zero attached hydrogens (tertiary/aromatic N) is 2. The van der Waals surface area contributed by atoms with Crippen LogP contribution in [0.15, 0.2) is 53.1 Å². The van der Waals surface area contributed by atoms with E-state index in [2.05, 4.69) is 52.0 Å². The van der Waals surface area contributed by atoms with Crippen molar-refractivity contribution in [2.45, 2.75) is 12.5 Å². The van der Waals surface area contributed by atoms with Crippen molar-refractivity contribution in [1.82, 2.24) is 4.90 Å². The summed E-state index contributed by atoms with van der Waals surface area (Å²) in [5, 5.41) is 14.2. The molecule has 102 valence electrons. The summed E-state index contributed by atoms with van der Waals surface area (Å²) in [4.78, 5) is 3.41. The molecule has 1 atom stereocenters. The van der Waals surface area contributed by atoms with Crippen LogP contribution in [-0.4, -0.2) is 29.4 Å². The largest absolute Gasteiger partial charge is 0.411 e. The molecule has 0 spiro atoms. The molecule has 1 N–H and O–H groups in total. The zero-order valence-corrected chi connectivity index (χ0v) is 12.0. The number of rotatable bonds is 2. The van der Waals surface area contributed by atoms with Crippen LogP contribution >= 0.6 is 11.3 Å². The number of thiophene rings is 1. The Morgan fingerprint density at radius 2 is 2.10 bits per heavy atom. The van der Waals surface area contributed by atoms with Crippen LogP contribution in [0.5, 0.6) is 0 Å². The number of hydrogen-bond acceptors (Lipinski definition) is 4. The highest BCUT2D eigenvalue weighted by Crippen LogP contribution is 2.34. The van der Waals surface area contributed by atoms with Crippen LogP contribution in [0.25, 0.3) is 5.57 Å². The van der Waals surface area contributed by atoms with E-state index < -0.39 is 0 Å². The maximum atomic E-state index is 8.83. The lowest BCUT2D eigenvalue weighted by Crippen LogP contribution is -2.29. The minimum absolute atomic E-state index is 0.0783. The van der Waals surface area contributed by atoms with Gasteiger partial charge in [-0.05, 0) is 29.0 Å². The van der Waals surface area contributed by atoms with Gasteiger partial charge in [0, 0.05) is 23.7 Å². The molecule has 0 radical (unpaired) electrons. The molecular weight excluding hydrogens is 268 g/mol. The van der Waals surface area contributed by atoms with Crippen molar-refractivity contribution in [3.63, 3.8) is 0 Å². The van der Waals surface area contributed by atoms with Crippen LogP contribution in [0.4, 0.5) is 0 Å². The Hall–Kier alpha value is -2.07. The number of oxime groups is 1. The Morgan fingerprint density at radius 1 is 1.30 bits per heavy atom. The Morgan fingerprint density at radius 3 is 2.85 bits per heavy atom. The topological polar surface area (TPSA) is 35.8 Å². The molecular formula is C16H16N2OS. The van der Waals surface area contributed by atoms with Crippen molar-refractivity contribution >= 4 is 23.1 Å². The molecule has 4 heteroatoms. The van der Waals surface area contributed by atoms with E-state index in [9.17, 15) is 0 Å². The lowest BCUT2D eigenvalue weighted by Gasteiger charge is -2.21. The van der Waals surface area contributed by atoms with Crippen molar-refractivity contribution in [3.05, 3.63) is 64.0 Å². The summed E-state index contributed by atoms with van der Waals surface area (Å²) in [6.45, 7) is 0. The van der Waals surface area contributed by atoms with Crippen LogP contribution in [0.2, 0.25) is 0 Å². The van der Waals surface area contributed by atoms with Gasteiger partial charge < -0.3 is 10.1 Å². The van der Waals surface area contributed by atoms with E-state index in [1.54, 1.807) is 17.6 Å². The lowest BCUT2D eigenvalue weighted by molar-refractivity contribution is 0.312. The van der Waals surface area contributed by atoms with Crippen molar-refractivity contribution < 1.29 is 5.21 Å². The Balaban J connectivity index is 2.11. The Kier molecular flexibility index (Phi) is 3.56. The zero-order valence-electron chi connectivity index (χ0n) is 11.2. The fraction of sp³-hybridized carbons (Fsp3) is 0.188. The highest BCUT2D eigenvalue weighted by Gasteiger charge is 2.22. The first kappa shape index (κ1) is 12.9. The van der Waals surface area contributed by atoms with Gasteiger partial charge in [0.05, 0.1) is 12.3 Å². The van der Waals surface area contributed by atoms with Gasteiger partial charge >= 0.3 is 0 Å². The van der Waals surface area contributed by atoms with Gasteiger partial charge in [0.15, 0.2) is 0 Å². The fourth-order valence-corrected chi connectivity index (χ4v) is 3.49. The number of likely N-dealkylation sites (N-methyl/N-ethyl adjacent to an activating group) is 1. The zero-order chi connectivity index (χ0) is 13.9. The van der Waals surface area contributed by atoms with E-state index in [4.69, 9.17) is 5.21 Å². The van der Waals surface area contributed by atoms with Gasteiger partial charge in [-0.15, -0.1) is 11.3 Å². The second-order valence-electron chi connectivity index (χ2n) is 4.89. The van der Waals surface area contributed by atoms with Crippen molar-refractivity contribution in [3.8, 4) is 0 Å². The average Bonchev–Trinajstić information content (AvgIpc) is 2.88. The predicted molar refractivity (Wildman–Crippen MR) is 83.4 cm³/mol. The van der Waals surface area contributed by atoms with Crippen molar-refractivity contribution in [2.24, 2.45) is 5.16 Å². The summed E-state index contributed by atoms with van der Waals surface area (Å²) >= 11 is 1.76. The van der Waals surface area contributed by atoms with E-state index >= 15 is 0 Å². The van der Waals surface area contributed by atoms with E-state index in [1.165, 1.54) is 21.6 Å². The minimum Gasteiger partial charge on any atom is -0.411 e. The molecule has 3 rings (SSSR count). The van der Waals surface area contributed by atoms with Gasteiger partial charge in [0.1, 0.15) is 0 Å². The summed E-state index contributed by atoms with van der Waals surface area (Å²) in [6, 6.07) is 12.6. The monoisotopic (exact) mass is 284 g/mol. The van der Waals surface area contributed by atoms with Crippen LogP contribution in [0, 0.1) is 0 Å². The molecule has 0 fully saturated rings. The Labute approximate surface area is 122 Å². The molecule has 0 amide bonds. The molecule has 0 saturated carbocycles. The molecule has 1 aromatic heterocycles. The number of fused-ring (bicyclic) bond motifs is 1. The molecule has 1 aliphatic rings. The molecule has 1 aliphatic heterocycles. The Bertz CT molecular complexity index is 646. The van der Waals surface area contributed by atoms with Gasteiger partial charge in [0.2, 0.25) is 0 Å². The van der Waals surface area contributed by atoms with E-state index in [-0.39, 0.29) is 6.04 Å². The summed E-state index contributed by atoms with van der Waals surface area (Å²) in [7, 11) is 2.02. The van der Waals surface area contributed by atoms with E-state index in [0.29, 0.717) is 0 Å². The van der Waals surface area contributed by atoms with Crippen molar-refractivity contribution in [1.29, 1.82) is 0 Å². The maximum absolute atomic E-state index is 8.83.